The molecule has 0 atom stereocenters. The molecule has 0 saturated carbocycles. The summed E-state index contributed by atoms with van der Waals surface area (Å²) in [7, 11) is -0.537. The first-order chi connectivity index (χ1) is 14.7. The number of carbonyl (C=O) groups excluding carboxylic acids is 2. The van der Waals surface area contributed by atoms with E-state index < -0.39 is 10.0 Å². The van der Waals surface area contributed by atoms with Crippen LogP contribution in [0.25, 0.3) is 11.0 Å². The number of benzene rings is 1. The Hall–Kier alpha value is -2.46. The average Bonchev–Trinajstić information content (AvgIpc) is 3.31. The number of aromatic nitrogens is 2. The first kappa shape index (κ1) is 23.2. The van der Waals surface area contributed by atoms with Gasteiger partial charge in [0.1, 0.15) is 5.82 Å². The zero-order valence-electron chi connectivity index (χ0n) is 18.4. The molecule has 1 aliphatic heterocycles. The number of likely N-dealkylation sites (tertiary alicyclic amines) is 1. The highest BCUT2D eigenvalue weighted by Gasteiger charge is 2.20. The van der Waals surface area contributed by atoms with Crippen molar-refractivity contribution in [2.75, 3.05) is 33.7 Å². The van der Waals surface area contributed by atoms with Crippen LogP contribution in [0.1, 0.15) is 38.4 Å². The van der Waals surface area contributed by atoms with E-state index >= 15 is 0 Å². The van der Waals surface area contributed by atoms with Crippen LogP contribution < -0.4 is 5.32 Å². The van der Waals surface area contributed by atoms with Crippen LogP contribution in [0.3, 0.4) is 0 Å². The zero-order valence-corrected chi connectivity index (χ0v) is 19.2. The Balaban J connectivity index is 1.59. The molecule has 1 aromatic carbocycles. The standard InChI is InChI=1S/C21H31N5O4S/c1-4-26-18-9-8-16(31(29,30)24(2)3)15-17(18)23-19(26)10-11-20(27)22-12-6-14-25-13-5-7-21(25)28/h8-9,15H,4-7,10-14H2,1-3H3,(H,22,27). The molecular formula is C21H31N5O4S. The molecule has 0 aliphatic carbocycles. The fraction of sp³-hybridized carbons (Fsp3) is 0.571. The molecule has 170 valence electrons. The minimum atomic E-state index is -3.53. The summed E-state index contributed by atoms with van der Waals surface area (Å²) in [4.78, 5) is 30.5. The third kappa shape index (κ3) is 5.24. The quantitative estimate of drug-likeness (QED) is 0.552. The van der Waals surface area contributed by atoms with Gasteiger partial charge in [0.2, 0.25) is 21.8 Å². The van der Waals surface area contributed by atoms with Gasteiger partial charge in [-0.2, -0.15) is 0 Å². The molecule has 1 N–H and O–H groups in total. The smallest absolute Gasteiger partial charge is 0.242 e. The minimum absolute atomic E-state index is 0.0571. The molecule has 0 bridgehead atoms. The molecule has 1 saturated heterocycles. The lowest BCUT2D eigenvalue weighted by atomic mass is 10.2. The number of amides is 2. The summed E-state index contributed by atoms with van der Waals surface area (Å²) in [6.07, 6.45) is 3.07. The topological polar surface area (TPSA) is 105 Å². The third-order valence-electron chi connectivity index (χ3n) is 5.57. The van der Waals surface area contributed by atoms with Crippen LogP contribution in [-0.4, -0.2) is 72.7 Å². The lowest BCUT2D eigenvalue weighted by Gasteiger charge is -2.15. The molecule has 10 heteroatoms. The molecule has 9 nitrogen and oxygen atoms in total. The number of rotatable bonds is 10. The molecule has 1 fully saturated rings. The number of aryl methyl sites for hydroxylation is 2. The van der Waals surface area contributed by atoms with Crippen LogP contribution in [-0.2, 0) is 32.6 Å². The summed E-state index contributed by atoms with van der Waals surface area (Å²) in [5.41, 5.74) is 1.46. The van der Waals surface area contributed by atoms with Crippen LogP contribution in [0.2, 0.25) is 0 Å². The predicted octanol–water partition coefficient (Wildman–Crippen LogP) is 1.37. The van der Waals surface area contributed by atoms with Crippen LogP contribution in [0.15, 0.2) is 23.1 Å². The van der Waals surface area contributed by atoms with E-state index in [0.717, 1.165) is 30.7 Å². The number of hydrogen-bond acceptors (Lipinski definition) is 5. The van der Waals surface area contributed by atoms with Crippen molar-refractivity contribution in [3.63, 3.8) is 0 Å². The van der Waals surface area contributed by atoms with Crippen LogP contribution in [0.5, 0.6) is 0 Å². The van der Waals surface area contributed by atoms with Gasteiger partial charge in [0.05, 0.1) is 15.9 Å². The van der Waals surface area contributed by atoms with E-state index in [4.69, 9.17) is 0 Å². The summed E-state index contributed by atoms with van der Waals surface area (Å²) in [6, 6.07) is 4.94. The van der Waals surface area contributed by atoms with Gasteiger partial charge in [-0.15, -0.1) is 0 Å². The van der Waals surface area contributed by atoms with Crippen molar-refractivity contribution in [1.82, 2.24) is 24.1 Å². The maximum Gasteiger partial charge on any atom is 0.242 e. The van der Waals surface area contributed by atoms with Crippen molar-refractivity contribution >= 4 is 32.9 Å². The first-order valence-electron chi connectivity index (χ1n) is 10.7. The van der Waals surface area contributed by atoms with Gasteiger partial charge < -0.3 is 14.8 Å². The van der Waals surface area contributed by atoms with Crippen molar-refractivity contribution in [2.45, 2.75) is 50.5 Å². The van der Waals surface area contributed by atoms with E-state index in [-0.39, 0.29) is 16.7 Å². The fourth-order valence-corrected chi connectivity index (χ4v) is 4.75. The van der Waals surface area contributed by atoms with E-state index in [2.05, 4.69) is 10.3 Å². The molecule has 3 rings (SSSR count). The highest BCUT2D eigenvalue weighted by Crippen LogP contribution is 2.22. The van der Waals surface area contributed by atoms with Gasteiger partial charge in [0.25, 0.3) is 0 Å². The van der Waals surface area contributed by atoms with Gasteiger partial charge in [-0.25, -0.2) is 17.7 Å². The Bertz CT molecular complexity index is 1060. The van der Waals surface area contributed by atoms with Crippen molar-refractivity contribution in [1.29, 1.82) is 0 Å². The Morgan fingerprint density at radius 3 is 2.71 bits per heavy atom. The lowest BCUT2D eigenvalue weighted by molar-refractivity contribution is -0.127. The van der Waals surface area contributed by atoms with E-state index in [0.29, 0.717) is 44.4 Å². The van der Waals surface area contributed by atoms with E-state index in [1.165, 1.54) is 18.4 Å². The van der Waals surface area contributed by atoms with E-state index in [1.54, 1.807) is 18.2 Å². The summed E-state index contributed by atoms with van der Waals surface area (Å²) in [5.74, 6) is 0.902. The summed E-state index contributed by atoms with van der Waals surface area (Å²) in [5, 5.41) is 2.91. The van der Waals surface area contributed by atoms with Gasteiger partial charge in [-0.05, 0) is 38.0 Å². The largest absolute Gasteiger partial charge is 0.356 e. The summed E-state index contributed by atoms with van der Waals surface area (Å²) >= 11 is 0. The van der Waals surface area contributed by atoms with Crippen LogP contribution in [0, 0.1) is 0 Å². The van der Waals surface area contributed by atoms with Crippen LogP contribution in [0.4, 0.5) is 0 Å². The first-order valence-corrected chi connectivity index (χ1v) is 12.1. The Kier molecular flexibility index (Phi) is 7.32. The normalized spacial score (nSPS) is 14.7. The second kappa shape index (κ2) is 9.78. The van der Waals surface area contributed by atoms with Gasteiger partial charge in [0.15, 0.2) is 0 Å². The van der Waals surface area contributed by atoms with Crippen molar-refractivity contribution in [3.8, 4) is 0 Å². The third-order valence-corrected chi connectivity index (χ3v) is 7.38. The molecule has 31 heavy (non-hydrogen) atoms. The monoisotopic (exact) mass is 449 g/mol. The minimum Gasteiger partial charge on any atom is -0.356 e. The maximum absolute atomic E-state index is 12.4. The number of imidazole rings is 1. The molecular weight excluding hydrogens is 418 g/mol. The van der Waals surface area contributed by atoms with E-state index in [1.807, 2.05) is 16.4 Å². The summed E-state index contributed by atoms with van der Waals surface area (Å²) < 4.78 is 28.0. The average molecular weight is 450 g/mol. The van der Waals surface area contributed by atoms with Gasteiger partial charge in [-0.1, -0.05) is 0 Å². The van der Waals surface area contributed by atoms with Crippen molar-refractivity contribution in [3.05, 3.63) is 24.0 Å². The van der Waals surface area contributed by atoms with Crippen molar-refractivity contribution < 1.29 is 18.0 Å². The highest BCUT2D eigenvalue weighted by molar-refractivity contribution is 7.89. The molecule has 2 amide bonds. The van der Waals surface area contributed by atoms with Crippen LogP contribution >= 0.6 is 0 Å². The molecule has 2 aromatic rings. The number of hydrogen-bond donors (Lipinski definition) is 1. The Labute approximate surface area is 183 Å². The number of nitrogens with one attached hydrogen (secondary N) is 1. The zero-order chi connectivity index (χ0) is 22.6. The number of fused-ring (bicyclic) bond motifs is 1. The Morgan fingerprint density at radius 2 is 2.06 bits per heavy atom. The molecule has 2 heterocycles. The number of sulfonamides is 1. The van der Waals surface area contributed by atoms with Crippen molar-refractivity contribution in [2.24, 2.45) is 0 Å². The molecule has 1 aliphatic rings. The van der Waals surface area contributed by atoms with E-state index in [9.17, 15) is 18.0 Å². The van der Waals surface area contributed by atoms with Gasteiger partial charge in [-0.3, -0.25) is 9.59 Å². The molecule has 0 radical (unpaired) electrons. The summed E-state index contributed by atoms with van der Waals surface area (Å²) in [6.45, 7) is 4.71. The second-order valence-electron chi connectivity index (χ2n) is 7.90. The molecule has 0 unspecified atom stereocenters. The van der Waals surface area contributed by atoms with Gasteiger partial charge in [0, 0.05) is 59.5 Å². The fourth-order valence-electron chi connectivity index (χ4n) is 3.83. The predicted molar refractivity (Wildman–Crippen MR) is 118 cm³/mol. The molecule has 1 aromatic heterocycles. The Morgan fingerprint density at radius 1 is 1.29 bits per heavy atom. The second-order valence-corrected chi connectivity index (χ2v) is 10.0. The lowest BCUT2D eigenvalue weighted by Crippen LogP contribution is -2.30. The number of carbonyl (C=O) groups is 2. The highest BCUT2D eigenvalue weighted by atomic mass is 32.2. The van der Waals surface area contributed by atoms with Gasteiger partial charge >= 0.3 is 0 Å². The molecule has 0 spiro atoms. The SMILES string of the molecule is CCn1c(CCC(=O)NCCCN2CCCC2=O)nc2cc(S(=O)(=O)N(C)C)ccc21. The number of nitrogens with zero attached hydrogens (tertiary/aromatic N) is 4. The maximum atomic E-state index is 12.4.